The Morgan fingerprint density at radius 3 is 2.59 bits per heavy atom. The lowest BCUT2D eigenvalue weighted by Crippen LogP contribution is -2.46. The third-order valence-electron chi connectivity index (χ3n) is 4.89. The Bertz CT molecular complexity index is 753. The summed E-state index contributed by atoms with van der Waals surface area (Å²) in [6, 6.07) is 6.47. The maximum Gasteiger partial charge on any atom is 0.254 e. The monoisotopic (exact) mass is 372 g/mol. The van der Waals surface area contributed by atoms with Crippen molar-refractivity contribution in [1.29, 1.82) is 0 Å². The fourth-order valence-corrected chi connectivity index (χ4v) is 3.22. The maximum absolute atomic E-state index is 12.4. The van der Waals surface area contributed by atoms with Gasteiger partial charge in [0.05, 0.1) is 11.8 Å². The van der Waals surface area contributed by atoms with Crippen molar-refractivity contribution in [1.82, 2.24) is 20.4 Å². The molecule has 4 N–H and O–H groups in total. The number of aromatic hydroxyl groups is 1. The van der Waals surface area contributed by atoms with Gasteiger partial charge in [-0.3, -0.25) is 14.7 Å². The van der Waals surface area contributed by atoms with E-state index in [1.54, 1.807) is 23.2 Å². The molecule has 2 amide bonds. The minimum atomic E-state index is -1.09. The molecule has 144 valence electrons. The fourth-order valence-electron chi connectivity index (χ4n) is 3.22. The Kier molecular flexibility index (Phi) is 6.08. The third-order valence-corrected chi connectivity index (χ3v) is 4.89. The molecule has 2 aromatic rings. The summed E-state index contributed by atoms with van der Waals surface area (Å²) in [5.41, 5.74) is 1.30. The number of benzene rings is 1. The molecule has 1 atom stereocenters. The first-order valence-electron chi connectivity index (χ1n) is 9.04. The molecule has 0 saturated carbocycles. The van der Waals surface area contributed by atoms with Gasteiger partial charge in [0.1, 0.15) is 11.9 Å². The highest BCUT2D eigenvalue weighted by Crippen LogP contribution is 2.18. The van der Waals surface area contributed by atoms with E-state index in [1.807, 2.05) is 0 Å². The largest absolute Gasteiger partial charge is 0.508 e. The van der Waals surface area contributed by atoms with Crippen molar-refractivity contribution in [3.8, 4) is 5.75 Å². The number of hydrogen-bond acceptors (Lipinski definition) is 5. The summed E-state index contributed by atoms with van der Waals surface area (Å²) in [5, 5.41) is 28.8. The number of aliphatic hydroxyl groups excluding tert-OH is 1. The van der Waals surface area contributed by atoms with E-state index < -0.39 is 6.10 Å². The lowest BCUT2D eigenvalue weighted by molar-refractivity contribution is -0.141. The number of amides is 2. The zero-order chi connectivity index (χ0) is 19.2. The molecule has 0 spiro atoms. The molecule has 1 aromatic carbocycles. The molecule has 27 heavy (non-hydrogen) atoms. The zero-order valence-corrected chi connectivity index (χ0v) is 15.0. The van der Waals surface area contributed by atoms with Gasteiger partial charge in [-0.25, -0.2) is 0 Å². The van der Waals surface area contributed by atoms with Crippen molar-refractivity contribution in [2.45, 2.75) is 25.4 Å². The molecule has 1 unspecified atom stereocenters. The molecule has 8 heteroatoms. The lowest BCUT2D eigenvalue weighted by atomic mass is 9.96. The molecule has 1 aliphatic heterocycles. The Morgan fingerprint density at radius 2 is 1.96 bits per heavy atom. The Morgan fingerprint density at radius 1 is 1.26 bits per heavy atom. The quantitative estimate of drug-likeness (QED) is 0.595. The second-order valence-electron chi connectivity index (χ2n) is 6.85. The minimum absolute atomic E-state index is 0.154. The number of H-pyrrole nitrogens is 1. The first-order chi connectivity index (χ1) is 13.0. The van der Waals surface area contributed by atoms with Crippen LogP contribution in [0.2, 0.25) is 0 Å². The van der Waals surface area contributed by atoms with Gasteiger partial charge in [-0.1, -0.05) is 12.1 Å². The minimum Gasteiger partial charge on any atom is -0.508 e. The number of nitrogens with one attached hydrogen (secondary N) is 2. The molecule has 0 bridgehead atoms. The molecule has 1 aromatic heterocycles. The number of aromatic nitrogens is 2. The van der Waals surface area contributed by atoms with Gasteiger partial charge in [0.2, 0.25) is 0 Å². The number of carbonyl (C=O) groups is 2. The van der Waals surface area contributed by atoms with Gasteiger partial charge >= 0.3 is 0 Å². The van der Waals surface area contributed by atoms with E-state index >= 15 is 0 Å². The zero-order valence-electron chi connectivity index (χ0n) is 15.0. The van der Waals surface area contributed by atoms with Crippen LogP contribution in [0.15, 0.2) is 36.7 Å². The number of rotatable bonds is 6. The van der Waals surface area contributed by atoms with Crippen LogP contribution in [0.5, 0.6) is 5.75 Å². The van der Waals surface area contributed by atoms with Gasteiger partial charge in [-0.05, 0) is 36.5 Å². The van der Waals surface area contributed by atoms with E-state index in [4.69, 9.17) is 0 Å². The van der Waals surface area contributed by atoms with Crippen LogP contribution in [0.3, 0.4) is 0 Å². The SMILES string of the molecule is O=C(NCC1CCN(C(=O)C(O)Cc2ccc(O)cc2)CC1)c1cn[nH]c1. The van der Waals surface area contributed by atoms with Gasteiger partial charge in [0.15, 0.2) is 0 Å². The molecular formula is C19H24N4O4. The summed E-state index contributed by atoms with van der Waals surface area (Å²) in [6.45, 7) is 1.69. The number of nitrogens with zero attached hydrogens (tertiary/aromatic N) is 2. The molecule has 1 fully saturated rings. The summed E-state index contributed by atoms with van der Waals surface area (Å²) in [4.78, 5) is 26.0. The maximum atomic E-state index is 12.4. The molecule has 2 heterocycles. The van der Waals surface area contributed by atoms with Crippen molar-refractivity contribution in [2.24, 2.45) is 5.92 Å². The Hall–Kier alpha value is -2.87. The first kappa shape index (κ1) is 18.9. The smallest absolute Gasteiger partial charge is 0.254 e. The molecule has 8 nitrogen and oxygen atoms in total. The van der Waals surface area contributed by atoms with E-state index in [-0.39, 0.29) is 24.0 Å². The average Bonchev–Trinajstić information content (AvgIpc) is 3.22. The van der Waals surface area contributed by atoms with Crippen LogP contribution in [0.1, 0.15) is 28.8 Å². The van der Waals surface area contributed by atoms with Crippen LogP contribution in [-0.2, 0) is 11.2 Å². The van der Waals surface area contributed by atoms with Gasteiger partial charge in [-0.15, -0.1) is 0 Å². The molecular weight excluding hydrogens is 348 g/mol. The number of carbonyl (C=O) groups excluding carboxylic acids is 2. The standard InChI is InChI=1S/C19H24N4O4/c24-16-3-1-13(2-4-16)9-17(25)19(27)23-7-5-14(6-8-23)10-20-18(26)15-11-21-22-12-15/h1-4,11-12,14,17,24-25H,5-10H2,(H,20,26)(H,21,22). The van der Waals surface area contributed by atoms with Crippen molar-refractivity contribution in [2.75, 3.05) is 19.6 Å². The second-order valence-corrected chi connectivity index (χ2v) is 6.85. The van der Waals surface area contributed by atoms with Crippen LogP contribution in [0.4, 0.5) is 0 Å². The van der Waals surface area contributed by atoms with E-state index in [0.717, 1.165) is 18.4 Å². The van der Waals surface area contributed by atoms with Gasteiger partial charge in [0, 0.05) is 32.3 Å². The highest BCUT2D eigenvalue weighted by molar-refractivity contribution is 5.93. The van der Waals surface area contributed by atoms with E-state index in [1.165, 1.54) is 18.3 Å². The molecule has 1 saturated heterocycles. The number of likely N-dealkylation sites (tertiary alicyclic amines) is 1. The normalized spacial score (nSPS) is 16.1. The highest BCUT2D eigenvalue weighted by Gasteiger charge is 2.27. The lowest BCUT2D eigenvalue weighted by Gasteiger charge is -2.33. The Labute approximate surface area is 157 Å². The summed E-state index contributed by atoms with van der Waals surface area (Å²) in [7, 11) is 0. The number of hydrogen-bond donors (Lipinski definition) is 4. The van der Waals surface area contributed by atoms with Gasteiger partial charge < -0.3 is 20.4 Å². The number of aliphatic hydroxyl groups is 1. The van der Waals surface area contributed by atoms with Crippen LogP contribution >= 0.6 is 0 Å². The number of piperidine rings is 1. The van der Waals surface area contributed by atoms with E-state index in [2.05, 4.69) is 15.5 Å². The summed E-state index contributed by atoms with van der Waals surface area (Å²) in [6.07, 6.45) is 3.72. The predicted molar refractivity (Wildman–Crippen MR) is 98.0 cm³/mol. The summed E-state index contributed by atoms with van der Waals surface area (Å²) < 4.78 is 0. The molecule has 0 aliphatic carbocycles. The van der Waals surface area contributed by atoms with Crippen LogP contribution in [0, 0.1) is 5.92 Å². The van der Waals surface area contributed by atoms with Crippen molar-refractivity contribution >= 4 is 11.8 Å². The van der Waals surface area contributed by atoms with Crippen LogP contribution in [-0.4, -0.2) is 62.9 Å². The highest BCUT2D eigenvalue weighted by atomic mass is 16.3. The molecule has 0 radical (unpaired) electrons. The predicted octanol–water partition coefficient (Wildman–Crippen LogP) is 0.687. The second kappa shape index (κ2) is 8.68. The summed E-state index contributed by atoms with van der Waals surface area (Å²) >= 11 is 0. The summed E-state index contributed by atoms with van der Waals surface area (Å²) in [5.74, 6) is 0.0242. The van der Waals surface area contributed by atoms with E-state index in [9.17, 15) is 19.8 Å². The van der Waals surface area contributed by atoms with Crippen molar-refractivity contribution < 1.29 is 19.8 Å². The first-order valence-corrected chi connectivity index (χ1v) is 9.04. The van der Waals surface area contributed by atoms with Gasteiger partial charge in [-0.2, -0.15) is 5.10 Å². The molecule has 3 rings (SSSR count). The van der Waals surface area contributed by atoms with Crippen molar-refractivity contribution in [3.63, 3.8) is 0 Å². The topological polar surface area (TPSA) is 119 Å². The number of phenolic OH excluding ortho intramolecular Hbond substituents is 1. The Balaban J connectivity index is 1.42. The average molecular weight is 372 g/mol. The fraction of sp³-hybridized carbons (Fsp3) is 0.421. The third kappa shape index (κ3) is 5.07. The van der Waals surface area contributed by atoms with Gasteiger partial charge in [0.25, 0.3) is 11.8 Å². The number of phenols is 1. The van der Waals surface area contributed by atoms with Crippen molar-refractivity contribution in [3.05, 3.63) is 47.8 Å². The number of aromatic amines is 1. The molecule has 1 aliphatic rings. The van der Waals surface area contributed by atoms with E-state index in [0.29, 0.717) is 31.1 Å². The van der Waals surface area contributed by atoms with Crippen LogP contribution < -0.4 is 5.32 Å². The van der Waals surface area contributed by atoms with Crippen LogP contribution in [0.25, 0.3) is 0 Å².